The summed E-state index contributed by atoms with van der Waals surface area (Å²) < 4.78 is 0. The normalized spacial score (nSPS) is 21.9. The molecule has 0 bridgehead atoms. The molecule has 7 nitrogen and oxygen atoms in total. The summed E-state index contributed by atoms with van der Waals surface area (Å²) in [6, 6.07) is 4.81. The van der Waals surface area contributed by atoms with Crippen LogP contribution in [0.4, 0.5) is 0 Å². The van der Waals surface area contributed by atoms with E-state index in [4.69, 9.17) is 0 Å². The Bertz CT molecular complexity index is 726. The number of nitrogens with zero attached hydrogens (tertiary/aromatic N) is 3. The Kier molecular flexibility index (Phi) is 6.01. The van der Waals surface area contributed by atoms with Crippen molar-refractivity contribution in [1.82, 2.24) is 20.1 Å². The molecule has 0 aromatic carbocycles. The van der Waals surface area contributed by atoms with Gasteiger partial charge in [0.25, 0.3) is 5.91 Å². The van der Waals surface area contributed by atoms with Gasteiger partial charge in [-0.25, -0.2) is 0 Å². The number of hydrogen-bond acceptors (Lipinski definition) is 4. The second kappa shape index (κ2) is 8.29. The molecule has 152 valence electrons. The molecule has 0 saturated carbocycles. The molecule has 2 aliphatic heterocycles. The minimum atomic E-state index is -0.846. The Morgan fingerprint density at radius 3 is 2.57 bits per heavy atom. The minimum absolute atomic E-state index is 0.0136. The highest BCUT2D eigenvalue weighted by molar-refractivity contribution is 6.00. The van der Waals surface area contributed by atoms with E-state index in [-0.39, 0.29) is 17.7 Å². The zero-order valence-electron chi connectivity index (χ0n) is 17.0. The fourth-order valence-electron chi connectivity index (χ4n) is 4.28. The number of aromatic nitrogens is 1. The molecule has 1 N–H and O–H groups in total. The molecule has 1 atom stereocenters. The number of nitrogens with one attached hydrogen (secondary N) is 1. The molecule has 2 fully saturated rings. The number of carbonyl (C=O) groups is 3. The van der Waals surface area contributed by atoms with Gasteiger partial charge >= 0.3 is 0 Å². The Labute approximate surface area is 166 Å². The molecule has 0 aliphatic carbocycles. The fourth-order valence-corrected chi connectivity index (χ4v) is 4.28. The maximum Gasteiger partial charge on any atom is 0.272 e. The lowest BCUT2D eigenvalue weighted by Gasteiger charge is -2.51. The molecule has 2 aliphatic rings. The smallest absolute Gasteiger partial charge is 0.272 e. The van der Waals surface area contributed by atoms with Gasteiger partial charge < -0.3 is 15.1 Å². The van der Waals surface area contributed by atoms with Gasteiger partial charge in [0.05, 0.1) is 0 Å². The molecule has 3 amide bonds. The molecule has 3 rings (SSSR count). The third-order valence-corrected chi connectivity index (χ3v) is 5.72. The van der Waals surface area contributed by atoms with Crippen LogP contribution in [0.1, 0.15) is 56.9 Å². The van der Waals surface area contributed by atoms with Crippen LogP contribution in [0.2, 0.25) is 0 Å². The first-order chi connectivity index (χ1) is 13.4. The predicted octanol–water partition coefficient (Wildman–Crippen LogP) is 1.84. The highest BCUT2D eigenvalue weighted by Gasteiger charge is 2.53. The van der Waals surface area contributed by atoms with Crippen molar-refractivity contribution in [3.05, 3.63) is 30.1 Å². The average Bonchev–Trinajstić information content (AvgIpc) is 2.70. The molecule has 3 heterocycles. The maximum absolute atomic E-state index is 13.1. The molecule has 7 heteroatoms. The van der Waals surface area contributed by atoms with Crippen molar-refractivity contribution >= 4 is 17.7 Å². The first-order valence-electron chi connectivity index (χ1n) is 10.2. The van der Waals surface area contributed by atoms with E-state index in [1.807, 2.05) is 6.92 Å². The Balaban J connectivity index is 1.77. The average molecular weight is 386 g/mol. The van der Waals surface area contributed by atoms with Crippen LogP contribution in [0, 0.1) is 5.92 Å². The summed E-state index contributed by atoms with van der Waals surface area (Å²) in [5.74, 6) is 0.137. The minimum Gasteiger partial charge on any atom is -0.342 e. The van der Waals surface area contributed by atoms with Crippen LogP contribution in [-0.4, -0.2) is 63.7 Å². The number of piperazine rings is 1. The largest absolute Gasteiger partial charge is 0.342 e. The van der Waals surface area contributed by atoms with Crippen LogP contribution in [0.25, 0.3) is 0 Å². The number of piperidine rings is 1. The zero-order chi connectivity index (χ0) is 20.3. The van der Waals surface area contributed by atoms with E-state index in [1.165, 1.54) is 0 Å². The van der Waals surface area contributed by atoms with Crippen molar-refractivity contribution in [2.75, 3.05) is 19.6 Å². The summed E-state index contributed by atoms with van der Waals surface area (Å²) in [6.45, 7) is 7.56. The second-order valence-corrected chi connectivity index (χ2v) is 8.18. The Morgan fingerprint density at radius 1 is 1.29 bits per heavy atom. The first kappa shape index (κ1) is 20.3. The summed E-state index contributed by atoms with van der Waals surface area (Å²) in [6.07, 6.45) is 3.95. The topological polar surface area (TPSA) is 82.6 Å². The monoisotopic (exact) mass is 386 g/mol. The lowest BCUT2D eigenvalue weighted by atomic mass is 9.80. The molecule has 1 spiro atoms. The van der Waals surface area contributed by atoms with E-state index in [2.05, 4.69) is 24.1 Å². The van der Waals surface area contributed by atoms with Gasteiger partial charge in [0, 0.05) is 25.8 Å². The Hall–Kier alpha value is -2.44. The van der Waals surface area contributed by atoms with Crippen LogP contribution in [0.5, 0.6) is 0 Å². The van der Waals surface area contributed by atoms with Crippen molar-refractivity contribution < 1.29 is 14.4 Å². The summed E-state index contributed by atoms with van der Waals surface area (Å²) in [5, 5.41) is 2.98. The number of pyridine rings is 1. The SMILES string of the molecule is CCCN1C(=O)C(CC(C)C)NC(=O)C12CCN(C(=O)c1ccccn1)CC2. The van der Waals surface area contributed by atoms with Crippen LogP contribution in [-0.2, 0) is 9.59 Å². The van der Waals surface area contributed by atoms with Crippen molar-refractivity contribution in [2.45, 2.75) is 58.0 Å². The molecule has 2 saturated heterocycles. The van der Waals surface area contributed by atoms with Gasteiger partial charge in [-0.15, -0.1) is 0 Å². The quantitative estimate of drug-likeness (QED) is 0.837. The van der Waals surface area contributed by atoms with E-state index in [0.29, 0.717) is 50.5 Å². The van der Waals surface area contributed by atoms with Crippen LogP contribution in [0.15, 0.2) is 24.4 Å². The van der Waals surface area contributed by atoms with Gasteiger partial charge in [0.15, 0.2) is 0 Å². The molecule has 28 heavy (non-hydrogen) atoms. The van der Waals surface area contributed by atoms with E-state index < -0.39 is 11.6 Å². The summed E-state index contributed by atoms with van der Waals surface area (Å²) in [4.78, 5) is 46.6. The highest BCUT2D eigenvalue weighted by atomic mass is 16.2. The van der Waals surface area contributed by atoms with Crippen molar-refractivity contribution in [3.8, 4) is 0 Å². The molecule has 0 radical (unpaired) electrons. The van der Waals surface area contributed by atoms with E-state index in [1.54, 1.807) is 34.2 Å². The maximum atomic E-state index is 13.1. The number of carbonyl (C=O) groups excluding carboxylic acids is 3. The number of hydrogen-bond donors (Lipinski definition) is 1. The van der Waals surface area contributed by atoms with Crippen molar-refractivity contribution in [3.63, 3.8) is 0 Å². The van der Waals surface area contributed by atoms with Crippen LogP contribution >= 0.6 is 0 Å². The lowest BCUT2D eigenvalue weighted by molar-refractivity contribution is -0.161. The zero-order valence-corrected chi connectivity index (χ0v) is 17.0. The van der Waals surface area contributed by atoms with Crippen LogP contribution < -0.4 is 5.32 Å². The summed E-state index contributed by atoms with van der Waals surface area (Å²) in [5.41, 5.74) is -0.438. The standard InChI is InChI=1S/C21H30N4O3/c1-4-11-25-19(27)17(14-15(2)3)23-20(28)21(25)8-12-24(13-9-21)18(26)16-7-5-6-10-22-16/h5-7,10,15,17H,4,8-9,11-14H2,1-3H3,(H,23,28). The molecular weight excluding hydrogens is 356 g/mol. The van der Waals surface area contributed by atoms with E-state index in [9.17, 15) is 14.4 Å². The van der Waals surface area contributed by atoms with Gasteiger partial charge in [-0.1, -0.05) is 26.8 Å². The van der Waals surface area contributed by atoms with Crippen molar-refractivity contribution in [1.29, 1.82) is 0 Å². The number of likely N-dealkylation sites (tertiary alicyclic amines) is 1. The van der Waals surface area contributed by atoms with Crippen molar-refractivity contribution in [2.24, 2.45) is 5.92 Å². The van der Waals surface area contributed by atoms with Gasteiger partial charge in [-0.2, -0.15) is 0 Å². The Morgan fingerprint density at radius 2 is 2.00 bits per heavy atom. The molecule has 1 unspecified atom stereocenters. The second-order valence-electron chi connectivity index (χ2n) is 8.18. The summed E-state index contributed by atoms with van der Waals surface area (Å²) in [7, 11) is 0. The van der Waals surface area contributed by atoms with Gasteiger partial charge in [0.1, 0.15) is 17.3 Å². The molecule has 1 aromatic heterocycles. The molecular formula is C21H30N4O3. The van der Waals surface area contributed by atoms with Gasteiger partial charge in [-0.05, 0) is 43.7 Å². The van der Waals surface area contributed by atoms with E-state index >= 15 is 0 Å². The third kappa shape index (κ3) is 3.75. The first-order valence-corrected chi connectivity index (χ1v) is 10.2. The highest BCUT2D eigenvalue weighted by Crippen LogP contribution is 2.34. The lowest BCUT2D eigenvalue weighted by Crippen LogP contribution is -2.73. The van der Waals surface area contributed by atoms with Gasteiger partial charge in [-0.3, -0.25) is 19.4 Å². The number of rotatable bonds is 5. The fraction of sp³-hybridized carbons (Fsp3) is 0.619. The van der Waals surface area contributed by atoms with Crippen LogP contribution in [0.3, 0.4) is 0 Å². The molecule has 1 aromatic rings. The van der Waals surface area contributed by atoms with E-state index in [0.717, 1.165) is 6.42 Å². The summed E-state index contributed by atoms with van der Waals surface area (Å²) >= 11 is 0. The predicted molar refractivity (Wildman–Crippen MR) is 105 cm³/mol. The third-order valence-electron chi connectivity index (χ3n) is 5.72. The van der Waals surface area contributed by atoms with Gasteiger partial charge in [0.2, 0.25) is 11.8 Å². The number of amides is 3.